The van der Waals surface area contributed by atoms with E-state index in [0.717, 1.165) is 35.7 Å². The monoisotopic (exact) mass is 386 g/mol. The fourth-order valence-corrected chi connectivity index (χ4v) is 2.14. The fourth-order valence-electron chi connectivity index (χ4n) is 2.14. The molecule has 0 radical (unpaired) electrons. The second-order valence-electron chi connectivity index (χ2n) is 6.50. The van der Waals surface area contributed by atoms with Gasteiger partial charge in [0.25, 0.3) is 0 Å². The van der Waals surface area contributed by atoms with Crippen molar-refractivity contribution in [2.45, 2.75) is 26.7 Å². The van der Waals surface area contributed by atoms with Gasteiger partial charge in [0.2, 0.25) is 0 Å². The molecule has 0 aromatic heterocycles. The first kappa shape index (κ1) is 23.2. The fraction of sp³-hybridized carbons (Fsp3) is 0.368. The Balaban J connectivity index is 0.00000288. The number of hydrogen-bond acceptors (Lipinski definition) is 4. The SMILES string of the molecule is CC(C)(CCOc1ccc(N)cc1)CCOc1ccc(N)cc1.Cl.Cl. The van der Waals surface area contributed by atoms with Crippen LogP contribution in [0.15, 0.2) is 48.5 Å². The Labute approximate surface area is 162 Å². The van der Waals surface area contributed by atoms with Crippen molar-refractivity contribution in [3.05, 3.63) is 48.5 Å². The van der Waals surface area contributed by atoms with Crippen molar-refractivity contribution in [1.82, 2.24) is 0 Å². The molecule has 0 fully saturated rings. The Kier molecular flexibility index (Phi) is 10.2. The minimum absolute atomic E-state index is 0. The average Bonchev–Trinajstić information content (AvgIpc) is 2.51. The Bertz CT molecular complexity index is 548. The van der Waals surface area contributed by atoms with Crippen molar-refractivity contribution in [2.75, 3.05) is 24.7 Å². The van der Waals surface area contributed by atoms with Crippen LogP contribution in [0.5, 0.6) is 11.5 Å². The van der Waals surface area contributed by atoms with Gasteiger partial charge in [-0.25, -0.2) is 0 Å². The molecule has 0 saturated carbocycles. The highest BCUT2D eigenvalue weighted by Gasteiger charge is 2.18. The van der Waals surface area contributed by atoms with Crippen molar-refractivity contribution in [1.29, 1.82) is 0 Å². The molecule has 0 bridgehead atoms. The number of anilines is 2. The zero-order valence-corrected chi connectivity index (χ0v) is 16.4. The molecule has 4 nitrogen and oxygen atoms in total. The first-order valence-corrected chi connectivity index (χ1v) is 7.91. The molecule has 4 N–H and O–H groups in total. The number of benzene rings is 2. The van der Waals surface area contributed by atoms with Crippen LogP contribution < -0.4 is 20.9 Å². The molecule has 2 aromatic rings. The number of hydrogen-bond donors (Lipinski definition) is 2. The molecule has 0 atom stereocenters. The average molecular weight is 387 g/mol. The molecule has 2 aromatic carbocycles. The predicted molar refractivity (Wildman–Crippen MR) is 110 cm³/mol. The third kappa shape index (κ3) is 8.75. The molecule has 140 valence electrons. The van der Waals surface area contributed by atoms with Crippen LogP contribution in [0.3, 0.4) is 0 Å². The van der Waals surface area contributed by atoms with Crippen LogP contribution in [0.1, 0.15) is 26.7 Å². The van der Waals surface area contributed by atoms with Gasteiger partial charge in [-0.15, -0.1) is 24.8 Å². The first-order valence-electron chi connectivity index (χ1n) is 7.91. The minimum atomic E-state index is 0. The van der Waals surface area contributed by atoms with Crippen molar-refractivity contribution in [2.24, 2.45) is 5.41 Å². The largest absolute Gasteiger partial charge is 0.494 e. The van der Waals surface area contributed by atoms with Crippen LogP contribution in [0.2, 0.25) is 0 Å². The quantitative estimate of drug-likeness (QED) is 0.628. The maximum Gasteiger partial charge on any atom is 0.119 e. The summed E-state index contributed by atoms with van der Waals surface area (Å²) in [5.74, 6) is 1.71. The number of rotatable bonds is 8. The molecule has 0 spiro atoms. The van der Waals surface area contributed by atoms with E-state index in [1.807, 2.05) is 48.5 Å². The molecule has 0 aliphatic carbocycles. The second kappa shape index (κ2) is 11.0. The van der Waals surface area contributed by atoms with Crippen molar-refractivity contribution < 1.29 is 9.47 Å². The zero-order chi connectivity index (χ0) is 16.7. The van der Waals surface area contributed by atoms with E-state index in [1.54, 1.807) is 0 Å². The Hall–Kier alpha value is -1.78. The van der Waals surface area contributed by atoms with Gasteiger partial charge in [-0.2, -0.15) is 0 Å². The summed E-state index contributed by atoms with van der Waals surface area (Å²) >= 11 is 0. The van der Waals surface area contributed by atoms with E-state index in [9.17, 15) is 0 Å². The molecular formula is C19H28Cl2N2O2. The van der Waals surface area contributed by atoms with Gasteiger partial charge in [0.15, 0.2) is 0 Å². The van der Waals surface area contributed by atoms with Crippen molar-refractivity contribution >= 4 is 36.2 Å². The molecule has 0 aliphatic rings. The lowest BCUT2D eigenvalue weighted by molar-refractivity contribution is 0.181. The highest BCUT2D eigenvalue weighted by atomic mass is 35.5. The van der Waals surface area contributed by atoms with E-state index in [2.05, 4.69) is 13.8 Å². The van der Waals surface area contributed by atoms with Gasteiger partial charge in [0.05, 0.1) is 13.2 Å². The summed E-state index contributed by atoms with van der Waals surface area (Å²) < 4.78 is 11.5. The maximum absolute atomic E-state index is 5.76. The van der Waals surface area contributed by atoms with Crippen LogP contribution in [0.4, 0.5) is 11.4 Å². The third-order valence-electron chi connectivity index (χ3n) is 3.86. The van der Waals surface area contributed by atoms with Crippen LogP contribution >= 0.6 is 24.8 Å². The van der Waals surface area contributed by atoms with E-state index in [1.165, 1.54) is 0 Å². The van der Waals surface area contributed by atoms with E-state index in [-0.39, 0.29) is 30.2 Å². The summed E-state index contributed by atoms with van der Waals surface area (Å²) in [7, 11) is 0. The second-order valence-corrected chi connectivity index (χ2v) is 6.50. The van der Waals surface area contributed by atoms with Gasteiger partial charge in [0, 0.05) is 11.4 Å². The van der Waals surface area contributed by atoms with Gasteiger partial charge in [-0.1, -0.05) is 13.8 Å². The first-order chi connectivity index (χ1) is 10.9. The summed E-state index contributed by atoms with van der Waals surface area (Å²) in [6, 6.07) is 15.0. The minimum Gasteiger partial charge on any atom is -0.494 e. The molecular weight excluding hydrogens is 359 g/mol. The van der Waals surface area contributed by atoms with Crippen LogP contribution in [0.25, 0.3) is 0 Å². The molecule has 6 heteroatoms. The predicted octanol–water partition coefficient (Wildman–Crippen LogP) is 4.96. The van der Waals surface area contributed by atoms with Crippen LogP contribution in [-0.2, 0) is 0 Å². The number of halogens is 2. The van der Waals surface area contributed by atoms with Gasteiger partial charge >= 0.3 is 0 Å². The topological polar surface area (TPSA) is 70.5 Å². The molecule has 0 aliphatic heterocycles. The van der Waals surface area contributed by atoms with Crippen LogP contribution in [0, 0.1) is 5.41 Å². The molecule has 0 amide bonds. The zero-order valence-electron chi connectivity index (χ0n) is 14.7. The van der Waals surface area contributed by atoms with E-state index < -0.39 is 0 Å². The van der Waals surface area contributed by atoms with Gasteiger partial charge < -0.3 is 20.9 Å². The maximum atomic E-state index is 5.76. The van der Waals surface area contributed by atoms with Gasteiger partial charge in [-0.3, -0.25) is 0 Å². The van der Waals surface area contributed by atoms with E-state index in [0.29, 0.717) is 13.2 Å². The van der Waals surface area contributed by atoms with E-state index >= 15 is 0 Å². The summed E-state index contributed by atoms with van der Waals surface area (Å²) in [6.45, 7) is 5.81. The summed E-state index contributed by atoms with van der Waals surface area (Å²) in [6.07, 6.45) is 1.92. The molecule has 2 rings (SSSR count). The van der Waals surface area contributed by atoms with Gasteiger partial charge in [0.1, 0.15) is 11.5 Å². The Morgan fingerprint density at radius 1 is 0.680 bits per heavy atom. The molecule has 0 unspecified atom stereocenters. The Morgan fingerprint density at radius 3 is 1.32 bits per heavy atom. The molecule has 0 heterocycles. The highest BCUT2D eigenvalue weighted by molar-refractivity contribution is 5.85. The standard InChI is InChI=1S/C19H26N2O2.2ClH/c1-19(2,11-13-22-17-7-3-15(20)4-8-17)12-14-23-18-9-5-16(21)6-10-18;;/h3-10H,11-14,20-21H2,1-2H3;2*1H. The lowest BCUT2D eigenvalue weighted by atomic mass is 9.86. The lowest BCUT2D eigenvalue weighted by Crippen LogP contribution is -2.19. The van der Waals surface area contributed by atoms with Crippen molar-refractivity contribution in [3.63, 3.8) is 0 Å². The summed E-state index contributed by atoms with van der Waals surface area (Å²) in [4.78, 5) is 0. The summed E-state index contributed by atoms with van der Waals surface area (Å²) in [5.41, 5.74) is 13.0. The van der Waals surface area contributed by atoms with Crippen molar-refractivity contribution in [3.8, 4) is 11.5 Å². The van der Waals surface area contributed by atoms with Crippen LogP contribution in [-0.4, -0.2) is 13.2 Å². The third-order valence-corrected chi connectivity index (χ3v) is 3.86. The normalized spacial score (nSPS) is 10.3. The van der Waals surface area contributed by atoms with Gasteiger partial charge in [-0.05, 0) is 66.8 Å². The smallest absolute Gasteiger partial charge is 0.119 e. The Morgan fingerprint density at radius 2 is 1.00 bits per heavy atom. The highest BCUT2D eigenvalue weighted by Crippen LogP contribution is 2.26. The molecule has 0 saturated heterocycles. The lowest BCUT2D eigenvalue weighted by Gasteiger charge is -2.24. The number of ether oxygens (including phenoxy) is 2. The number of nitrogens with two attached hydrogens (primary N) is 2. The van der Waals surface area contributed by atoms with E-state index in [4.69, 9.17) is 20.9 Å². The number of nitrogen functional groups attached to an aromatic ring is 2. The summed E-state index contributed by atoms with van der Waals surface area (Å²) in [5, 5.41) is 0. The molecule has 25 heavy (non-hydrogen) atoms.